The largest absolute Gasteiger partial charge is 0.456 e. The summed E-state index contributed by atoms with van der Waals surface area (Å²) in [5.41, 5.74) is 2.53. The molecule has 18 heavy (non-hydrogen) atoms. The van der Waals surface area contributed by atoms with Crippen molar-refractivity contribution in [3.63, 3.8) is 0 Å². The van der Waals surface area contributed by atoms with E-state index < -0.39 is 0 Å². The normalized spacial score (nSPS) is 10.2. The molecule has 0 fully saturated rings. The van der Waals surface area contributed by atoms with Gasteiger partial charge in [0, 0.05) is 5.02 Å². The van der Waals surface area contributed by atoms with Crippen LogP contribution in [0.1, 0.15) is 21.5 Å². The number of benzene rings is 2. The standard InChI is InChI=1S/C15H13ClO2/c1-10-3-6-14(12(7-10)9-17)18-15-8-13(16)5-4-11(15)2/h3-9H,1-2H3. The van der Waals surface area contributed by atoms with E-state index in [1.165, 1.54) is 0 Å². The molecule has 0 heterocycles. The number of ether oxygens (including phenoxy) is 1. The molecule has 2 nitrogen and oxygen atoms in total. The summed E-state index contributed by atoms with van der Waals surface area (Å²) < 4.78 is 5.75. The van der Waals surface area contributed by atoms with Crippen LogP contribution in [0.15, 0.2) is 36.4 Å². The van der Waals surface area contributed by atoms with Gasteiger partial charge in [-0.1, -0.05) is 29.3 Å². The first-order chi connectivity index (χ1) is 8.60. The van der Waals surface area contributed by atoms with Gasteiger partial charge in [-0.3, -0.25) is 4.79 Å². The van der Waals surface area contributed by atoms with Gasteiger partial charge in [0.25, 0.3) is 0 Å². The molecule has 0 atom stereocenters. The molecule has 92 valence electrons. The van der Waals surface area contributed by atoms with E-state index in [-0.39, 0.29) is 0 Å². The lowest BCUT2D eigenvalue weighted by Gasteiger charge is -2.11. The minimum Gasteiger partial charge on any atom is -0.456 e. The molecule has 0 aliphatic heterocycles. The molecule has 0 radical (unpaired) electrons. The molecule has 0 aliphatic rings. The summed E-state index contributed by atoms with van der Waals surface area (Å²) in [4.78, 5) is 11.0. The van der Waals surface area contributed by atoms with Crippen LogP contribution < -0.4 is 4.74 Å². The van der Waals surface area contributed by atoms with E-state index in [9.17, 15) is 4.79 Å². The van der Waals surface area contributed by atoms with E-state index in [0.717, 1.165) is 17.4 Å². The van der Waals surface area contributed by atoms with Gasteiger partial charge in [0.15, 0.2) is 6.29 Å². The van der Waals surface area contributed by atoms with E-state index in [4.69, 9.17) is 16.3 Å². The monoisotopic (exact) mass is 260 g/mol. The Labute approximate surface area is 111 Å². The summed E-state index contributed by atoms with van der Waals surface area (Å²) >= 11 is 5.93. The molecule has 0 N–H and O–H groups in total. The van der Waals surface area contributed by atoms with Crippen LogP contribution in [0.3, 0.4) is 0 Å². The second kappa shape index (κ2) is 5.23. The second-order valence-corrected chi connectivity index (χ2v) is 4.61. The van der Waals surface area contributed by atoms with Gasteiger partial charge in [-0.15, -0.1) is 0 Å². The highest BCUT2D eigenvalue weighted by molar-refractivity contribution is 6.30. The lowest BCUT2D eigenvalue weighted by molar-refractivity contribution is 0.112. The number of aryl methyl sites for hydroxylation is 2. The maximum atomic E-state index is 11.0. The van der Waals surface area contributed by atoms with Gasteiger partial charge in [0.05, 0.1) is 5.56 Å². The SMILES string of the molecule is Cc1ccc(Oc2cc(Cl)ccc2C)c(C=O)c1. The van der Waals surface area contributed by atoms with Crippen LogP contribution in [0.25, 0.3) is 0 Å². The average Bonchev–Trinajstić information content (AvgIpc) is 2.36. The Morgan fingerprint density at radius 3 is 2.56 bits per heavy atom. The summed E-state index contributed by atoms with van der Waals surface area (Å²) in [5.74, 6) is 1.20. The zero-order chi connectivity index (χ0) is 13.1. The molecule has 0 aromatic heterocycles. The van der Waals surface area contributed by atoms with Gasteiger partial charge < -0.3 is 4.74 Å². The van der Waals surface area contributed by atoms with Crippen LogP contribution in [-0.4, -0.2) is 6.29 Å². The zero-order valence-corrected chi connectivity index (χ0v) is 11.0. The number of halogens is 1. The predicted molar refractivity (Wildman–Crippen MR) is 72.8 cm³/mol. The van der Waals surface area contributed by atoms with Gasteiger partial charge in [-0.25, -0.2) is 0 Å². The van der Waals surface area contributed by atoms with E-state index in [1.54, 1.807) is 24.3 Å². The Morgan fingerprint density at radius 2 is 1.83 bits per heavy atom. The van der Waals surface area contributed by atoms with Crippen molar-refractivity contribution < 1.29 is 9.53 Å². The van der Waals surface area contributed by atoms with Crippen LogP contribution >= 0.6 is 11.6 Å². The highest BCUT2D eigenvalue weighted by Gasteiger charge is 2.07. The maximum Gasteiger partial charge on any atom is 0.153 e. The summed E-state index contributed by atoms with van der Waals surface area (Å²) in [5, 5.41) is 0.607. The third-order valence-corrected chi connectivity index (χ3v) is 2.90. The van der Waals surface area contributed by atoms with E-state index in [0.29, 0.717) is 22.1 Å². The molecule has 2 aromatic carbocycles. The summed E-state index contributed by atoms with van der Waals surface area (Å²) in [6.45, 7) is 3.86. The third-order valence-electron chi connectivity index (χ3n) is 2.66. The minimum atomic E-state index is 0.536. The fraction of sp³-hybridized carbons (Fsp3) is 0.133. The van der Waals surface area contributed by atoms with Gasteiger partial charge in [-0.05, 0) is 43.7 Å². The summed E-state index contributed by atoms with van der Waals surface area (Å²) in [6.07, 6.45) is 0.794. The molecule has 0 amide bonds. The quantitative estimate of drug-likeness (QED) is 0.756. The molecular formula is C15H13ClO2. The van der Waals surface area contributed by atoms with Crippen LogP contribution in [-0.2, 0) is 0 Å². The van der Waals surface area contributed by atoms with Gasteiger partial charge in [-0.2, -0.15) is 0 Å². The van der Waals surface area contributed by atoms with Gasteiger partial charge in [0.1, 0.15) is 11.5 Å². The molecule has 2 aromatic rings. The maximum absolute atomic E-state index is 11.0. The number of carbonyl (C=O) groups is 1. The van der Waals surface area contributed by atoms with Crippen LogP contribution in [0.2, 0.25) is 5.02 Å². The van der Waals surface area contributed by atoms with E-state index >= 15 is 0 Å². The predicted octanol–water partition coefficient (Wildman–Crippen LogP) is 4.56. The van der Waals surface area contributed by atoms with Crippen molar-refractivity contribution in [1.82, 2.24) is 0 Å². The highest BCUT2D eigenvalue weighted by atomic mass is 35.5. The molecule has 0 spiro atoms. The molecule has 0 saturated heterocycles. The Balaban J connectivity index is 2.39. The highest BCUT2D eigenvalue weighted by Crippen LogP contribution is 2.29. The first-order valence-electron chi connectivity index (χ1n) is 5.60. The number of carbonyl (C=O) groups excluding carboxylic acids is 1. The van der Waals surface area contributed by atoms with Crippen molar-refractivity contribution >= 4 is 17.9 Å². The topological polar surface area (TPSA) is 26.3 Å². The van der Waals surface area contributed by atoms with Crippen molar-refractivity contribution in [2.75, 3.05) is 0 Å². The van der Waals surface area contributed by atoms with Gasteiger partial charge >= 0.3 is 0 Å². The Hall–Kier alpha value is -1.80. The Morgan fingerprint density at radius 1 is 1.06 bits per heavy atom. The lowest BCUT2D eigenvalue weighted by atomic mass is 10.1. The number of aldehydes is 1. The molecule has 0 aliphatic carbocycles. The first-order valence-corrected chi connectivity index (χ1v) is 5.98. The number of hydrogen-bond donors (Lipinski definition) is 0. The Kier molecular flexibility index (Phi) is 3.68. The van der Waals surface area contributed by atoms with E-state index in [1.807, 2.05) is 26.0 Å². The van der Waals surface area contributed by atoms with Crippen LogP contribution in [0.5, 0.6) is 11.5 Å². The summed E-state index contributed by atoms with van der Waals surface area (Å²) in [7, 11) is 0. The second-order valence-electron chi connectivity index (χ2n) is 4.17. The fourth-order valence-electron chi connectivity index (χ4n) is 1.66. The molecule has 0 unspecified atom stereocenters. The number of hydrogen-bond acceptors (Lipinski definition) is 2. The molecule has 3 heteroatoms. The third kappa shape index (κ3) is 2.71. The van der Waals surface area contributed by atoms with Crippen molar-refractivity contribution in [2.45, 2.75) is 13.8 Å². The first kappa shape index (κ1) is 12.7. The smallest absolute Gasteiger partial charge is 0.153 e. The summed E-state index contributed by atoms with van der Waals surface area (Å²) in [6, 6.07) is 10.9. The van der Waals surface area contributed by atoms with Gasteiger partial charge in [0.2, 0.25) is 0 Å². The lowest BCUT2D eigenvalue weighted by Crippen LogP contribution is -1.93. The van der Waals surface area contributed by atoms with Crippen molar-refractivity contribution in [3.8, 4) is 11.5 Å². The molecule has 0 bridgehead atoms. The minimum absolute atomic E-state index is 0.536. The molecular weight excluding hydrogens is 248 g/mol. The average molecular weight is 261 g/mol. The Bertz CT molecular complexity index is 591. The molecule has 2 rings (SSSR count). The number of rotatable bonds is 3. The van der Waals surface area contributed by atoms with Crippen molar-refractivity contribution in [3.05, 3.63) is 58.1 Å². The zero-order valence-electron chi connectivity index (χ0n) is 10.2. The molecule has 0 saturated carbocycles. The van der Waals surface area contributed by atoms with E-state index in [2.05, 4.69) is 0 Å². The van der Waals surface area contributed by atoms with Crippen molar-refractivity contribution in [2.24, 2.45) is 0 Å². The fourth-order valence-corrected chi connectivity index (χ4v) is 1.82. The van der Waals surface area contributed by atoms with Crippen LogP contribution in [0, 0.1) is 13.8 Å². The van der Waals surface area contributed by atoms with Crippen LogP contribution in [0.4, 0.5) is 0 Å². The van der Waals surface area contributed by atoms with Crippen molar-refractivity contribution in [1.29, 1.82) is 0 Å².